The zero-order valence-electron chi connectivity index (χ0n) is 24.3. The minimum Gasteiger partial charge on any atom is -0.226 e. The number of rotatable bonds is 4. The van der Waals surface area contributed by atoms with E-state index in [0.717, 1.165) is 38.4 Å². The Labute approximate surface area is 264 Å². The number of benzene rings is 7. The standard InChI is InChI=1S/C42H26N2S/c1-2-11-27(12-3-1)29-17-8-18-30(23-29)31-19-9-20-34(24-31)42-43-39(36-22-10-16-28-13-6-7-21-35(28)36)41-40(44-42)37-25-32-14-4-5-15-33(32)26-38(37)45-41/h1-26H. The summed E-state index contributed by atoms with van der Waals surface area (Å²) in [5.74, 6) is 0.736. The van der Waals surface area contributed by atoms with Crippen LogP contribution in [-0.4, -0.2) is 9.97 Å². The van der Waals surface area contributed by atoms with Gasteiger partial charge in [0.15, 0.2) is 5.82 Å². The van der Waals surface area contributed by atoms with Crippen molar-refractivity contribution in [3.8, 4) is 44.9 Å². The first-order chi connectivity index (χ1) is 22.3. The third-order valence-electron chi connectivity index (χ3n) is 8.65. The van der Waals surface area contributed by atoms with Gasteiger partial charge in [0.25, 0.3) is 0 Å². The summed E-state index contributed by atoms with van der Waals surface area (Å²) in [5, 5.41) is 6.03. The molecule has 0 atom stereocenters. The fourth-order valence-corrected chi connectivity index (χ4v) is 7.59. The van der Waals surface area contributed by atoms with E-state index in [1.165, 1.54) is 48.3 Å². The van der Waals surface area contributed by atoms with Crippen LogP contribution < -0.4 is 0 Å². The van der Waals surface area contributed by atoms with Crippen molar-refractivity contribution in [2.75, 3.05) is 0 Å². The second-order valence-electron chi connectivity index (χ2n) is 11.4. The molecule has 0 saturated carbocycles. The Morgan fingerprint density at radius 1 is 0.400 bits per heavy atom. The Morgan fingerprint density at radius 2 is 0.978 bits per heavy atom. The molecule has 3 heteroatoms. The van der Waals surface area contributed by atoms with Crippen LogP contribution >= 0.6 is 11.3 Å². The molecule has 0 saturated heterocycles. The van der Waals surface area contributed by atoms with Gasteiger partial charge in [0.05, 0.1) is 15.9 Å². The van der Waals surface area contributed by atoms with E-state index < -0.39 is 0 Å². The van der Waals surface area contributed by atoms with Crippen LogP contribution in [0.25, 0.3) is 86.7 Å². The summed E-state index contributed by atoms with van der Waals surface area (Å²) >= 11 is 1.78. The molecule has 0 N–H and O–H groups in total. The molecule has 9 aromatic rings. The van der Waals surface area contributed by atoms with Crippen molar-refractivity contribution in [3.63, 3.8) is 0 Å². The number of hydrogen-bond donors (Lipinski definition) is 0. The number of fused-ring (bicyclic) bond motifs is 5. The lowest BCUT2D eigenvalue weighted by atomic mass is 9.97. The van der Waals surface area contributed by atoms with Gasteiger partial charge in [-0.2, -0.15) is 0 Å². The van der Waals surface area contributed by atoms with E-state index in [1.807, 2.05) is 0 Å². The van der Waals surface area contributed by atoms with E-state index >= 15 is 0 Å². The van der Waals surface area contributed by atoms with E-state index in [-0.39, 0.29) is 0 Å². The average Bonchev–Trinajstić information content (AvgIpc) is 3.48. The lowest BCUT2D eigenvalue weighted by Gasteiger charge is -2.11. The topological polar surface area (TPSA) is 25.8 Å². The smallest absolute Gasteiger partial charge is 0.160 e. The largest absolute Gasteiger partial charge is 0.226 e. The molecule has 0 bridgehead atoms. The predicted octanol–water partition coefficient (Wildman–Crippen LogP) is 11.8. The van der Waals surface area contributed by atoms with Gasteiger partial charge in [-0.25, -0.2) is 9.97 Å². The lowest BCUT2D eigenvalue weighted by Crippen LogP contribution is -1.94. The fraction of sp³-hybridized carbons (Fsp3) is 0. The number of nitrogens with zero attached hydrogens (tertiary/aromatic N) is 2. The summed E-state index contributed by atoms with van der Waals surface area (Å²) < 4.78 is 2.34. The Balaban J connectivity index is 1.28. The lowest BCUT2D eigenvalue weighted by molar-refractivity contribution is 1.24. The molecular formula is C42H26N2S. The summed E-state index contributed by atoms with van der Waals surface area (Å²) in [5.41, 5.74) is 8.83. The summed E-state index contributed by atoms with van der Waals surface area (Å²) in [6.07, 6.45) is 0. The maximum Gasteiger partial charge on any atom is 0.160 e. The van der Waals surface area contributed by atoms with Crippen molar-refractivity contribution in [3.05, 3.63) is 158 Å². The molecule has 2 heterocycles. The Morgan fingerprint density at radius 3 is 1.78 bits per heavy atom. The minimum atomic E-state index is 0.736. The van der Waals surface area contributed by atoms with Crippen LogP contribution in [0, 0.1) is 0 Å². The third kappa shape index (κ3) is 4.48. The minimum absolute atomic E-state index is 0.736. The van der Waals surface area contributed by atoms with E-state index in [1.54, 1.807) is 11.3 Å². The molecule has 2 aromatic heterocycles. The number of thiophene rings is 1. The Kier molecular flexibility index (Phi) is 6.03. The van der Waals surface area contributed by atoms with E-state index in [9.17, 15) is 0 Å². The van der Waals surface area contributed by atoms with Gasteiger partial charge in [-0.3, -0.25) is 0 Å². The number of aromatic nitrogens is 2. The summed E-state index contributed by atoms with van der Waals surface area (Å²) in [7, 11) is 0. The van der Waals surface area contributed by atoms with Crippen LogP contribution in [0.15, 0.2) is 158 Å². The Hall–Kier alpha value is -5.64. The van der Waals surface area contributed by atoms with Crippen molar-refractivity contribution >= 4 is 53.2 Å². The van der Waals surface area contributed by atoms with E-state index in [0.29, 0.717) is 0 Å². The summed E-state index contributed by atoms with van der Waals surface area (Å²) in [6.45, 7) is 0. The summed E-state index contributed by atoms with van der Waals surface area (Å²) in [4.78, 5) is 10.7. The van der Waals surface area contributed by atoms with Gasteiger partial charge < -0.3 is 0 Å². The zero-order valence-corrected chi connectivity index (χ0v) is 25.1. The predicted molar refractivity (Wildman–Crippen MR) is 192 cm³/mol. The molecule has 45 heavy (non-hydrogen) atoms. The van der Waals surface area contributed by atoms with Gasteiger partial charge in [0.2, 0.25) is 0 Å². The summed E-state index contributed by atoms with van der Waals surface area (Å²) in [6, 6.07) is 56.1. The van der Waals surface area contributed by atoms with Crippen molar-refractivity contribution < 1.29 is 0 Å². The van der Waals surface area contributed by atoms with Crippen LogP contribution in [0.4, 0.5) is 0 Å². The molecule has 210 valence electrons. The second kappa shape index (κ2) is 10.5. The quantitative estimate of drug-likeness (QED) is 0.204. The van der Waals surface area contributed by atoms with Crippen molar-refractivity contribution in [1.29, 1.82) is 0 Å². The normalized spacial score (nSPS) is 11.6. The van der Waals surface area contributed by atoms with E-state index in [2.05, 4.69) is 158 Å². The van der Waals surface area contributed by atoms with Crippen molar-refractivity contribution in [2.24, 2.45) is 0 Å². The molecule has 0 aliphatic rings. The van der Waals surface area contributed by atoms with Crippen LogP contribution in [0.2, 0.25) is 0 Å². The fourth-order valence-electron chi connectivity index (χ4n) is 6.42. The highest BCUT2D eigenvalue weighted by molar-refractivity contribution is 7.26. The molecule has 7 aromatic carbocycles. The first-order valence-corrected chi connectivity index (χ1v) is 16.0. The molecule has 2 nitrogen and oxygen atoms in total. The van der Waals surface area contributed by atoms with Gasteiger partial charge in [-0.15, -0.1) is 11.3 Å². The SMILES string of the molecule is c1ccc(-c2cccc(-c3cccc(-c4nc(-c5cccc6ccccc56)c5sc6cc7ccccc7cc6c5n4)c3)c2)cc1. The van der Waals surface area contributed by atoms with Crippen molar-refractivity contribution in [1.82, 2.24) is 9.97 Å². The molecule has 0 spiro atoms. The van der Waals surface area contributed by atoms with Gasteiger partial charge in [0.1, 0.15) is 0 Å². The molecule has 0 aliphatic heterocycles. The highest BCUT2D eigenvalue weighted by Gasteiger charge is 2.19. The van der Waals surface area contributed by atoms with Crippen molar-refractivity contribution in [2.45, 2.75) is 0 Å². The molecule has 0 unspecified atom stereocenters. The molecule has 9 rings (SSSR count). The van der Waals surface area contributed by atoms with E-state index in [4.69, 9.17) is 9.97 Å². The molecule has 0 amide bonds. The average molecular weight is 591 g/mol. The highest BCUT2D eigenvalue weighted by atomic mass is 32.1. The monoisotopic (exact) mass is 590 g/mol. The van der Waals surface area contributed by atoms with Gasteiger partial charge in [-0.05, 0) is 68.1 Å². The molecule has 0 radical (unpaired) electrons. The van der Waals surface area contributed by atoms with Crippen LogP contribution in [0.1, 0.15) is 0 Å². The first kappa shape index (κ1) is 25.8. The Bertz CT molecular complexity index is 2540. The number of hydrogen-bond acceptors (Lipinski definition) is 3. The zero-order chi connectivity index (χ0) is 29.7. The maximum absolute atomic E-state index is 5.36. The van der Waals surface area contributed by atoms with Crippen LogP contribution in [0.3, 0.4) is 0 Å². The highest BCUT2D eigenvalue weighted by Crippen LogP contribution is 2.42. The molecule has 0 aliphatic carbocycles. The second-order valence-corrected chi connectivity index (χ2v) is 12.5. The van der Waals surface area contributed by atoms with Crippen LogP contribution in [-0.2, 0) is 0 Å². The van der Waals surface area contributed by atoms with Gasteiger partial charge >= 0.3 is 0 Å². The van der Waals surface area contributed by atoms with Gasteiger partial charge in [-0.1, -0.05) is 133 Å². The maximum atomic E-state index is 5.36. The van der Waals surface area contributed by atoms with Gasteiger partial charge in [0, 0.05) is 21.2 Å². The van der Waals surface area contributed by atoms with Crippen LogP contribution in [0.5, 0.6) is 0 Å². The molecule has 0 fully saturated rings. The molecular weight excluding hydrogens is 565 g/mol. The first-order valence-electron chi connectivity index (χ1n) is 15.2. The third-order valence-corrected chi connectivity index (χ3v) is 9.80.